The van der Waals surface area contributed by atoms with Crippen molar-refractivity contribution in [3.8, 4) is 0 Å². The molecular formula is C14H21N. The second-order valence-corrected chi connectivity index (χ2v) is 4.99. The zero-order valence-electron chi connectivity index (χ0n) is 9.96. The van der Waals surface area contributed by atoms with Gasteiger partial charge in [-0.2, -0.15) is 0 Å². The molecule has 1 aromatic rings. The van der Waals surface area contributed by atoms with Crippen LogP contribution in [0.4, 0.5) is 0 Å². The third-order valence-electron chi connectivity index (χ3n) is 3.60. The Morgan fingerprint density at radius 3 is 2.67 bits per heavy atom. The van der Waals surface area contributed by atoms with Crippen molar-refractivity contribution in [2.75, 3.05) is 0 Å². The van der Waals surface area contributed by atoms with E-state index in [0.29, 0.717) is 18.0 Å². The zero-order valence-corrected chi connectivity index (χ0v) is 9.96. The van der Waals surface area contributed by atoms with E-state index in [1.54, 1.807) is 0 Å². The first-order valence-corrected chi connectivity index (χ1v) is 6.02. The van der Waals surface area contributed by atoms with Gasteiger partial charge in [0.2, 0.25) is 0 Å². The highest BCUT2D eigenvalue weighted by molar-refractivity contribution is 5.34. The van der Waals surface area contributed by atoms with E-state index in [-0.39, 0.29) is 0 Å². The van der Waals surface area contributed by atoms with Crippen LogP contribution in [0.15, 0.2) is 24.3 Å². The highest BCUT2D eigenvalue weighted by atomic mass is 15.0. The Labute approximate surface area is 92.9 Å². The Balaban J connectivity index is 2.08. The van der Waals surface area contributed by atoms with Crippen LogP contribution in [0.2, 0.25) is 0 Å². The summed E-state index contributed by atoms with van der Waals surface area (Å²) in [7, 11) is 0. The number of aryl methyl sites for hydroxylation is 1. The van der Waals surface area contributed by atoms with Crippen LogP contribution < -0.4 is 5.32 Å². The van der Waals surface area contributed by atoms with Crippen molar-refractivity contribution in [1.29, 1.82) is 0 Å². The SMILES string of the molecule is CC(C)[C@@H](C)N[C@@H]1CCc2ccccc21. The van der Waals surface area contributed by atoms with Crippen molar-refractivity contribution >= 4 is 0 Å². The van der Waals surface area contributed by atoms with Gasteiger partial charge in [-0.25, -0.2) is 0 Å². The van der Waals surface area contributed by atoms with E-state index in [1.807, 2.05) is 0 Å². The van der Waals surface area contributed by atoms with Gasteiger partial charge in [-0.3, -0.25) is 0 Å². The van der Waals surface area contributed by atoms with Gasteiger partial charge in [0.15, 0.2) is 0 Å². The van der Waals surface area contributed by atoms with Crippen molar-refractivity contribution in [3.63, 3.8) is 0 Å². The summed E-state index contributed by atoms with van der Waals surface area (Å²) < 4.78 is 0. The molecule has 0 aliphatic heterocycles. The second kappa shape index (κ2) is 4.36. The van der Waals surface area contributed by atoms with E-state index in [9.17, 15) is 0 Å². The van der Waals surface area contributed by atoms with Gasteiger partial charge >= 0.3 is 0 Å². The molecule has 82 valence electrons. The van der Waals surface area contributed by atoms with Gasteiger partial charge in [0.25, 0.3) is 0 Å². The zero-order chi connectivity index (χ0) is 10.8. The van der Waals surface area contributed by atoms with E-state index in [4.69, 9.17) is 0 Å². The van der Waals surface area contributed by atoms with E-state index < -0.39 is 0 Å². The number of hydrogen-bond donors (Lipinski definition) is 1. The molecule has 0 bridgehead atoms. The molecule has 0 fully saturated rings. The number of nitrogens with one attached hydrogen (secondary N) is 1. The van der Waals surface area contributed by atoms with Crippen molar-refractivity contribution in [1.82, 2.24) is 5.32 Å². The predicted octanol–water partition coefficient (Wildman–Crippen LogP) is 3.31. The summed E-state index contributed by atoms with van der Waals surface area (Å²) >= 11 is 0. The maximum atomic E-state index is 3.73. The Bertz CT molecular complexity index is 330. The fraction of sp³-hybridized carbons (Fsp3) is 0.571. The fourth-order valence-electron chi connectivity index (χ4n) is 2.24. The smallest absolute Gasteiger partial charge is 0.0328 e. The summed E-state index contributed by atoms with van der Waals surface area (Å²) in [4.78, 5) is 0. The van der Waals surface area contributed by atoms with E-state index >= 15 is 0 Å². The summed E-state index contributed by atoms with van der Waals surface area (Å²) in [5.41, 5.74) is 3.05. The molecule has 0 radical (unpaired) electrons. The Hall–Kier alpha value is -0.820. The lowest BCUT2D eigenvalue weighted by molar-refractivity contribution is 0.375. The van der Waals surface area contributed by atoms with E-state index in [0.717, 1.165) is 0 Å². The van der Waals surface area contributed by atoms with Crippen molar-refractivity contribution in [3.05, 3.63) is 35.4 Å². The molecule has 0 aromatic heterocycles. The molecule has 1 aliphatic carbocycles. The van der Waals surface area contributed by atoms with Crippen molar-refractivity contribution in [2.24, 2.45) is 5.92 Å². The predicted molar refractivity (Wildman–Crippen MR) is 64.9 cm³/mol. The highest BCUT2D eigenvalue weighted by Gasteiger charge is 2.23. The first kappa shape index (κ1) is 10.7. The summed E-state index contributed by atoms with van der Waals surface area (Å²) in [5.74, 6) is 0.706. The number of hydrogen-bond acceptors (Lipinski definition) is 1. The fourth-order valence-corrected chi connectivity index (χ4v) is 2.24. The summed E-state index contributed by atoms with van der Waals surface area (Å²) in [6, 6.07) is 10.0. The van der Waals surface area contributed by atoms with Crippen LogP contribution in [0.25, 0.3) is 0 Å². The maximum Gasteiger partial charge on any atom is 0.0328 e. The van der Waals surface area contributed by atoms with Crippen LogP contribution in [0, 0.1) is 5.92 Å². The van der Waals surface area contributed by atoms with Gasteiger partial charge in [0.1, 0.15) is 0 Å². The number of benzene rings is 1. The normalized spacial score (nSPS) is 21.7. The van der Waals surface area contributed by atoms with Crippen LogP contribution >= 0.6 is 0 Å². The average Bonchev–Trinajstić information content (AvgIpc) is 2.62. The quantitative estimate of drug-likeness (QED) is 0.794. The lowest BCUT2D eigenvalue weighted by Gasteiger charge is -2.23. The van der Waals surface area contributed by atoms with Crippen LogP contribution in [-0.2, 0) is 6.42 Å². The largest absolute Gasteiger partial charge is 0.307 e. The molecule has 15 heavy (non-hydrogen) atoms. The minimum atomic E-state index is 0.582. The summed E-state index contributed by atoms with van der Waals surface area (Å²) in [5, 5.41) is 3.73. The number of rotatable bonds is 3. The molecule has 2 rings (SSSR count). The molecule has 2 atom stereocenters. The number of fused-ring (bicyclic) bond motifs is 1. The van der Waals surface area contributed by atoms with E-state index in [2.05, 4.69) is 50.4 Å². The van der Waals surface area contributed by atoms with Crippen LogP contribution in [0.5, 0.6) is 0 Å². The van der Waals surface area contributed by atoms with E-state index in [1.165, 1.54) is 24.0 Å². The van der Waals surface area contributed by atoms with Gasteiger partial charge in [-0.1, -0.05) is 38.1 Å². The summed E-state index contributed by atoms with van der Waals surface area (Å²) in [6.07, 6.45) is 2.50. The average molecular weight is 203 g/mol. The molecule has 1 aliphatic rings. The molecule has 0 amide bonds. The van der Waals surface area contributed by atoms with Crippen LogP contribution in [0.3, 0.4) is 0 Å². The van der Waals surface area contributed by atoms with Gasteiger partial charge in [0, 0.05) is 12.1 Å². The first-order chi connectivity index (χ1) is 7.18. The third kappa shape index (κ3) is 2.23. The Morgan fingerprint density at radius 1 is 1.20 bits per heavy atom. The highest BCUT2D eigenvalue weighted by Crippen LogP contribution is 2.31. The van der Waals surface area contributed by atoms with Gasteiger partial charge in [-0.05, 0) is 36.8 Å². The van der Waals surface area contributed by atoms with Gasteiger partial charge < -0.3 is 5.32 Å². The third-order valence-corrected chi connectivity index (χ3v) is 3.60. The maximum absolute atomic E-state index is 3.73. The lowest BCUT2D eigenvalue weighted by atomic mass is 10.0. The molecule has 0 unspecified atom stereocenters. The second-order valence-electron chi connectivity index (χ2n) is 4.99. The molecule has 0 spiro atoms. The molecule has 0 saturated carbocycles. The van der Waals surface area contributed by atoms with Crippen molar-refractivity contribution < 1.29 is 0 Å². The minimum Gasteiger partial charge on any atom is -0.307 e. The molecule has 0 heterocycles. The van der Waals surface area contributed by atoms with Gasteiger partial charge in [-0.15, -0.1) is 0 Å². The minimum absolute atomic E-state index is 0.582. The summed E-state index contributed by atoms with van der Waals surface area (Å²) in [6.45, 7) is 6.84. The Kier molecular flexibility index (Phi) is 3.11. The monoisotopic (exact) mass is 203 g/mol. The molecule has 0 saturated heterocycles. The molecule has 1 aromatic carbocycles. The molecule has 1 N–H and O–H groups in total. The van der Waals surface area contributed by atoms with Crippen LogP contribution in [0.1, 0.15) is 44.4 Å². The standard InChI is InChI=1S/C14H21N/c1-10(2)11(3)15-14-9-8-12-6-4-5-7-13(12)14/h4-7,10-11,14-15H,8-9H2,1-3H3/t11-,14-/m1/s1. The molecule has 1 nitrogen and oxygen atoms in total. The van der Waals surface area contributed by atoms with Gasteiger partial charge in [0.05, 0.1) is 0 Å². The topological polar surface area (TPSA) is 12.0 Å². The first-order valence-electron chi connectivity index (χ1n) is 6.02. The molecular weight excluding hydrogens is 182 g/mol. The van der Waals surface area contributed by atoms with Crippen molar-refractivity contribution in [2.45, 2.75) is 45.7 Å². The Morgan fingerprint density at radius 2 is 1.93 bits per heavy atom. The van der Waals surface area contributed by atoms with Crippen LogP contribution in [-0.4, -0.2) is 6.04 Å². The molecule has 1 heteroatoms. The lowest BCUT2D eigenvalue weighted by Crippen LogP contribution is -2.33.